The van der Waals surface area contributed by atoms with Crippen molar-refractivity contribution in [2.24, 2.45) is 5.92 Å². The number of hydrogen-bond donors (Lipinski definition) is 0. The maximum absolute atomic E-state index is 3.17. The van der Waals surface area contributed by atoms with Gasteiger partial charge in [-0.25, -0.2) is 11.6 Å². The monoisotopic (exact) mass is 89.0 g/mol. The van der Waals surface area contributed by atoms with Gasteiger partial charge < -0.3 is 0 Å². The topological polar surface area (TPSA) is 0 Å². The standard InChI is InChI=1S/C7H5/c1-2-4-7-5-6(7)3-1/h1-4,6H/q-1. The van der Waals surface area contributed by atoms with E-state index < -0.39 is 0 Å². The van der Waals surface area contributed by atoms with E-state index in [1.807, 2.05) is 6.08 Å². The molecule has 0 aliphatic heterocycles. The second-order valence-electron chi connectivity index (χ2n) is 1.82. The largest absolute Gasteiger partial charge is 0.264 e. The Morgan fingerprint density at radius 2 is 2.43 bits per heavy atom. The average molecular weight is 89.1 g/mol. The van der Waals surface area contributed by atoms with Crippen molar-refractivity contribution in [2.45, 2.75) is 0 Å². The molecule has 0 nitrogen and oxygen atoms in total. The summed E-state index contributed by atoms with van der Waals surface area (Å²) in [5.74, 6) is 0.602. The third-order valence-electron chi connectivity index (χ3n) is 1.26. The molecule has 0 N–H and O–H groups in total. The predicted octanol–water partition coefficient (Wildman–Crippen LogP) is 1.47. The van der Waals surface area contributed by atoms with E-state index in [1.165, 1.54) is 5.57 Å². The van der Waals surface area contributed by atoms with Crippen molar-refractivity contribution in [1.29, 1.82) is 0 Å². The van der Waals surface area contributed by atoms with Crippen molar-refractivity contribution in [3.8, 4) is 0 Å². The van der Waals surface area contributed by atoms with Gasteiger partial charge in [0.2, 0.25) is 0 Å². The fraction of sp³-hybridized carbons (Fsp3) is 0.143. The van der Waals surface area contributed by atoms with Gasteiger partial charge in [0.15, 0.2) is 0 Å². The van der Waals surface area contributed by atoms with Crippen LogP contribution in [0, 0.1) is 12.0 Å². The second kappa shape index (κ2) is 0.890. The molecule has 2 aliphatic carbocycles. The van der Waals surface area contributed by atoms with Gasteiger partial charge in [0, 0.05) is 0 Å². The van der Waals surface area contributed by atoms with Crippen LogP contribution >= 0.6 is 0 Å². The lowest BCUT2D eigenvalue weighted by molar-refractivity contribution is 1.18. The van der Waals surface area contributed by atoms with Crippen molar-refractivity contribution in [3.05, 3.63) is 36.0 Å². The molecule has 0 aromatic heterocycles. The molecule has 0 fully saturated rings. The molecule has 0 radical (unpaired) electrons. The summed E-state index contributed by atoms with van der Waals surface area (Å²) in [4.78, 5) is 0. The summed E-state index contributed by atoms with van der Waals surface area (Å²) in [7, 11) is 0. The highest BCUT2D eigenvalue weighted by Crippen LogP contribution is 2.31. The van der Waals surface area contributed by atoms with Crippen LogP contribution in [-0.4, -0.2) is 0 Å². The summed E-state index contributed by atoms with van der Waals surface area (Å²) in [6.07, 6.45) is 11.5. The summed E-state index contributed by atoms with van der Waals surface area (Å²) in [6, 6.07) is 0. The van der Waals surface area contributed by atoms with Gasteiger partial charge >= 0.3 is 0 Å². The highest BCUT2D eigenvalue weighted by Gasteiger charge is 2.05. The molecular formula is C7H5-. The van der Waals surface area contributed by atoms with Crippen LogP contribution in [0.2, 0.25) is 0 Å². The Bertz CT molecular complexity index is 170. The summed E-state index contributed by atoms with van der Waals surface area (Å²) in [6.45, 7) is 0. The van der Waals surface area contributed by atoms with Crippen LogP contribution in [0.3, 0.4) is 0 Å². The third-order valence-corrected chi connectivity index (χ3v) is 1.26. The zero-order valence-electron chi connectivity index (χ0n) is 3.89. The summed E-state index contributed by atoms with van der Waals surface area (Å²) >= 11 is 0. The van der Waals surface area contributed by atoms with Crippen molar-refractivity contribution < 1.29 is 0 Å². The molecule has 0 aromatic carbocycles. The average Bonchev–Trinajstić information content (AvgIpc) is 2.41. The van der Waals surface area contributed by atoms with E-state index in [0.717, 1.165) is 0 Å². The first kappa shape index (κ1) is 3.25. The van der Waals surface area contributed by atoms with E-state index in [9.17, 15) is 0 Å². The molecule has 2 aliphatic rings. The van der Waals surface area contributed by atoms with Gasteiger partial charge in [0.1, 0.15) is 0 Å². The molecule has 0 heterocycles. The highest BCUT2D eigenvalue weighted by molar-refractivity contribution is 5.43. The minimum absolute atomic E-state index is 0.602. The first-order chi connectivity index (χ1) is 3.47. The number of rotatable bonds is 0. The fourth-order valence-electron chi connectivity index (χ4n) is 0.776. The van der Waals surface area contributed by atoms with Crippen molar-refractivity contribution in [3.63, 3.8) is 0 Å². The third kappa shape index (κ3) is 0.362. The highest BCUT2D eigenvalue weighted by atomic mass is 14.2. The Labute approximate surface area is 42.8 Å². The van der Waals surface area contributed by atoms with Crippen LogP contribution in [0.25, 0.3) is 0 Å². The van der Waals surface area contributed by atoms with Crippen LogP contribution in [0.1, 0.15) is 0 Å². The minimum atomic E-state index is 0.602. The van der Waals surface area contributed by atoms with E-state index in [0.29, 0.717) is 5.92 Å². The molecule has 0 saturated heterocycles. The molecule has 0 spiro atoms. The zero-order chi connectivity index (χ0) is 4.69. The minimum Gasteiger partial charge on any atom is -0.264 e. The number of hydrogen-bond acceptors (Lipinski definition) is 0. The summed E-state index contributed by atoms with van der Waals surface area (Å²) < 4.78 is 0. The second-order valence-corrected chi connectivity index (χ2v) is 1.82. The van der Waals surface area contributed by atoms with Gasteiger partial charge in [-0.1, -0.05) is 18.1 Å². The van der Waals surface area contributed by atoms with Gasteiger partial charge in [-0.05, 0) is 0 Å². The van der Waals surface area contributed by atoms with Crippen molar-refractivity contribution in [2.75, 3.05) is 0 Å². The lowest BCUT2D eigenvalue weighted by Crippen LogP contribution is -1.73. The molecule has 0 aromatic rings. The fourth-order valence-corrected chi connectivity index (χ4v) is 0.776. The van der Waals surface area contributed by atoms with Crippen LogP contribution in [0.4, 0.5) is 0 Å². The van der Waals surface area contributed by atoms with E-state index in [1.54, 1.807) is 0 Å². The molecule has 0 bridgehead atoms. The molecular weight excluding hydrogens is 84.1 g/mol. The molecule has 0 saturated carbocycles. The zero-order valence-corrected chi connectivity index (χ0v) is 3.89. The van der Waals surface area contributed by atoms with Crippen molar-refractivity contribution >= 4 is 0 Å². The Balaban J connectivity index is 2.38. The van der Waals surface area contributed by atoms with E-state index in [-0.39, 0.29) is 0 Å². The number of fused-ring (bicyclic) bond motifs is 1. The Hall–Kier alpha value is -0.780. The molecule has 7 heavy (non-hydrogen) atoms. The van der Waals surface area contributed by atoms with Crippen molar-refractivity contribution in [1.82, 2.24) is 0 Å². The van der Waals surface area contributed by atoms with E-state index in [4.69, 9.17) is 0 Å². The molecule has 34 valence electrons. The Kier molecular flexibility index (Phi) is 0.413. The van der Waals surface area contributed by atoms with E-state index in [2.05, 4.69) is 24.3 Å². The predicted molar refractivity (Wildman–Crippen MR) is 28.5 cm³/mol. The Morgan fingerprint density at radius 3 is 3.00 bits per heavy atom. The van der Waals surface area contributed by atoms with Gasteiger partial charge in [-0.3, -0.25) is 6.08 Å². The first-order valence-electron chi connectivity index (χ1n) is 2.45. The molecule has 1 atom stereocenters. The molecule has 0 heteroatoms. The van der Waals surface area contributed by atoms with E-state index >= 15 is 0 Å². The van der Waals surface area contributed by atoms with Crippen LogP contribution in [0.15, 0.2) is 29.9 Å². The summed E-state index contributed by atoms with van der Waals surface area (Å²) in [5.41, 5.74) is 1.36. The molecule has 1 unspecified atom stereocenters. The van der Waals surface area contributed by atoms with Gasteiger partial charge in [-0.2, -0.15) is 0 Å². The normalized spacial score (nSPS) is 32.0. The van der Waals surface area contributed by atoms with Gasteiger partial charge in [0.25, 0.3) is 0 Å². The lowest BCUT2D eigenvalue weighted by atomic mass is 10.2. The summed E-state index contributed by atoms with van der Waals surface area (Å²) in [5, 5.41) is 0. The lowest BCUT2D eigenvalue weighted by Gasteiger charge is -1.98. The number of allylic oxidation sites excluding steroid dienone is 6. The van der Waals surface area contributed by atoms with Crippen LogP contribution in [-0.2, 0) is 0 Å². The molecule has 0 amide bonds. The smallest absolute Gasteiger partial charge is 0.0848 e. The maximum Gasteiger partial charge on any atom is -0.0848 e. The van der Waals surface area contributed by atoms with Gasteiger partial charge in [0.05, 0.1) is 0 Å². The van der Waals surface area contributed by atoms with Gasteiger partial charge in [-0.15, -0.1) is 6.08 Å². The molecule has 2 rings (SSSR count). The Morgan fingerprint density at radius 1 is 1.43 bits per heavy atom. The quantitative estimate of drug-likeness (QED) is 0.394. The van der Waals surface area contributed by atoms with Crippen LogP contribution in [0.5, 0.6) is 0 Å². The maximum atomic E-state index is 3.17. The van der Waals surface area contributed by atoms with Crippen LogP contribution < -0.4 is 0 Å². The first-order valence-corrected chi connectivity index (χ1v) is 2.45. The SMILES string of the molecule is [C-]1=C2C=CC=CC12.